The van der Waals surface area contributed by atoms with Crippen molar-refractivity contribution in [1.29, 1.82) is 10.5 Å². The normalized spacial score (nSPS) is 21.1. The van der Waals surface area contributed by atoms with Crippen molar-refractivity contribution in [3.8, 4) is 17.9 Å². The van der Waals surface area contributed by atoms with Gasteiger partial charge in [-0.25, -0.2) is 0 Å². The van der Waals surface area contributed by atoms with E-state index in [0.717, 1.165) is 49.2 Å². The molecule has 1 aromatic rings. The van der Waals surface area contributed by atoms with Gasteiger partial charge < -0.3 is 14.4 Å². The molecule has 0 saturated heterocycles. The Morgan fingerprint density at radius 3 is 2.60 bits per heavy atom. The Morgan fingerprint density at radius 1 is 1.20 bits per heavy atom. The zero-order valence-corrected chi connectivity index (χ0v) is 18.1. The van der Waals surface area contributed by atoms with Crippen molar-refractivity contribution in [1.82, 2.24) is 0 Å². The van der Waals surface area contributed by atoms with Crippen molar-refractivity contribution < 1.29 is 9.47 Å². The van der Waals surface area contributed by atoms with Crippen molar-refractivity contribution in [3.05, 3.63) is 51.3 Å². The maximum Gasteiger partial charge on any atom is 0.152 e. The molecule has 0 aromatic heterocycles. The lowest BCUT2D eigenvalue weighted by Crippen LogP contribution is -2.34. The van der Waals surface area contributed by atoms with E-state index >= 15 is 0 Å². The van der Waals surface area contributed by atoms with Crippen LogP contribution in [0.3, 0.4) is 0 Å². The number of aryl methyl sites for hydroxylation is 1. The molecule has 3 aliphatic heterocycles. The first-order chi connectivity index (χ1) is 14.4. The molecule has 0 amide bonds. The molecular formula is C25H27N3O2. The monoisotopic (exact) mass is 401 g/mol. The molecule has 0 N–H and O–H groups in total. The van der Waals surface area contributed by atoms with E-state index in [9.17, 15) is 10.5 Å². The highest BCUT2D eigenvalue weighted by Gasteiger charge is 2.38. The van der Waals surface area contributed by atoms with Gasteiger partial charge in [0.25, 0.3) is 0 Å². The number of ether oxygens (including phenoxy) is 2. The van der Waals surface area contributed by atoms with Gasteiger partial charge in [-0.1, -0.05) is 12.2 Å². The fourth-order valence-electron chi connectivity index (χ4n) is 4.89. The molecular weight excluding hydrogens is 374 g/mol. The third-order valence-corrected chi connectivity index (χ3v) is 6.26. The van der Waals surface area contributed by atoms with E-state index in [1.807, 2.05) is 26.0 Å². The van der Waals surface area contributed by atoms with Crippen LogP contribution in [0.4, 0.5) is 5.69 Å². The lowest BCUT2D eigenvalue weighted by Gasteiger charge is -2.38. The average Bonchev–Trinajstić information content (AvgIpc) is 3.01. The van der Waals surface area contributed by atoms with Crippen LogP contribution in [0.5, 0.6) is 5.75 Å². The van der Waals surface area contributed by atoms with Crippen LogP contribution in [-0.2, 0) is 17.6 Å². The summed E-state index contributed by atoms with van der Waals surface area (Å²) < 4.78 is 11.9. The topological polar surface area (TPSA) is 69.3 Å². The minimum Gasteiger partial charge on any atom is -0.496 e. The molecule has 0 unspecified atom stereocenters. The van der Waals surface area contributed by atoms with E-state index in [1.165, 1.54) is 23.2 Å². The molecule has 30 heavy (non-hydrogen) atoms. The van der Waals surface area contributed by atoms with Crippen LogP contribution in [0, 0.1) is 22.7 Å². The van der Waals surface area contributed by atoms with E-state index in [1.54, 1.807) is 14.0 Å². The van der Waals surface area contributed by atoms with Crippen LogP contribution in [0.25, 0.3) is 6.08 Å². The van der Waals surface area contributed by atoms with Crippen LogP contribution in [-0.4, -0.2) is 25.8 Å². The van der Waals surface area contributed by atoms with Gasteiger partial charge >= 0.3 is 0 Å². The molecule has 0 atom stereocenters. The average molecular weight is 402 g/mol. The first-order valence-electron chi connectivity index (χ1n) is 10.5. The number of anilines is 1. The minimum atomic E-state index is -0.679. The van der Waals surface area contributed by atoms with Crippen LogP contribution in [0.15, 0.2) is 34.6 Å². The van der Waals surface area contributed by atoms with Crippen LogP contribution >= 0.6 is 0 Å². The highest BCUT2D eigenvalue weighted by molar-refractivity contribution is 5.75. The van der Waals surface area contributed by atoms with E-state index in [2.05, 4.69) is 23.1 Å². The lowest BCUT2D eigenvalue weighted by atomic mass is 9.88. The van der Waals surface area contributed by atoms with Gasteiger partial charge in [0.05, 0.1) is 18.8 Å². The first-order valence-corrected chi connectivity index (χ1v) is 10.5. The zero-order chi connectivity index (χ0) is 21.5. The van der Waals surface area contributed by atoms with Crippen molar-refractivity contribution in [3.63, 3.8) is 0 Å². The molecule has 0 fully saturated rings. The van der Waals surface area contributed by atoms with Crippen molar-refractivity contribution in [2.24, 2.45) is 0 Å². The van der Waals surface area contributed by atoms with Gasteiger partial charge in [0.1, 0.15) is 23.0 Å². The molecule has 0 spiro atoms. The third-order valence-electron chi connectivity index (χ3n) is 6.26. The Labute approximate surface area is 178 Å². The Hall–Kier alpha value is -3.18. The van der Waals surface area contributed by atoms with Gasteiger partial charge in [-0.15, -0.1) is 0 Å². The summed E-state index contributed by atoms with van der Waals surface area (Å²) in [6, 6.07) is 6.58. The SMILES string of the molecule is COc1c(/C=C/C2=C(C#N)C(=C(/C)C#N)/OC2(C)C)cc2c3c1CCCN3CCC2. The summed E-state index contributed by atoms with van der Waals surface area (Å²) in [6.45, 7) is 7.77. The van der Waals surface area contributed by atoms with E-state index in [-0.39, 0.29) is 0 Å². The Bertz CT molecular complexity index is 1080. The molecule has 5 nitrogen and oxygen atoms in total. The summed E-state index contributed by atoms with van der Waals surface area (Å²) in [5, 5.41) is 19.0. The van der Waals surface area contributed by atoms with Crippen molar-refractivity contribution in [2.45, 2.75) is 52.1 Å². The summed E-state index contributed by atoms with van der Waals surface area (Å²) >= 11 is 0. The predicted octanol–water partition coefficient (Wildman–Crippen LogP) is 4.83. The maximum absolute atomic E-state index is 9.76. The van der Waals surface area contributed by atoms with E-state index in [4.69, 9.17) is 9.47 Å². The number of hydrogen-bond donors (Lipinski definition) is 0. The van der Waals surface area contributed by atoms with Gasteiger partial charge in [0.2, 0.25) is 0 Å². The Balaban J connectivity index is 1.83. The number of hydrogen-bond acceptors (Lipinski definition) is 5. The zero-order valence-electron chi connectivity index (χ0n) is 18.1. The fraction of sp³-hybridized carbons (Fsp3) is 0.440. The summed E-state index contributed by atoms with van der Waals surface area (Å²) in [5.41, 5.74) is 6.04. The maximum atomic E-state index is 9.76. The number of methoxy groups -OCH3 is 1. The molecule has 4 rings (SSSR count). The third kappa shape index (κ3) is 3.15. The summed E-state index contributed by atoms with van der Waals surface area (Å²) in [6.07, 6.45) is 8.41. The van der Waals surface area contributed by atoms with Crippen molar-refractivity contribution in [2.75, 3.05) is 25.1 Å². The van der Waals surface area contributed by atoms with Gasteiger partial charge in [0, 0.05) is 35.5 Å². The number of nitriles is 2. The smallest absolute Gasteiger partial charge is 0.152 e. The quantitative estimate of drug-likeness (QED) is 0.678. The van der Waals surface area contributed by atoms with Crippen molar-refractivity contribution >= 4 is 11.8 Å². The van der Waals surface area contributed by atoms with Crippen LogP contribution < -0.4 is 9.64 Å². The molecule has 0 saturated carbocycles. The standard InChI is InChI=1S/C25H27N3O2/c1-16(14-26)23-20(15-27)21(25(2,3)30-23)10-9-18-13-17-7-5-11-28-12-6-8-19(22(17)28)24(18)29-4/h9-10,13H,5-8,11-12H2,1-4H3/b10-9+,23-16+. The highest BCUT2D eigenvalue weighted by Crippen LogP contribution is 2.44. The summed E-state index contributed by atoms with van der Waals surface area (Å²) in [5.74, 6) is 1.31. The lowest BCUT2D eigenvalue weighted by molar-refractivity contribution is 0.0949. The van der Waals surface area contributed by atoms with Crippen LogP contribution in [0.2, 0.25) is 0 Å². The second kappa shape index (κ2) is 7.58. The molecule has 154 valence electrons. The Morgan fingerprint density at radius 2 is 1.93 bits per heavy atom. The first kappa shape index (κ1) is 20.1. The number of benzene rings is 1. The molecule has 0 aliphatic carbocycles. The molecule has 1 aromatic carbocycles. The number of allylic oxidation sites excluding steroid dienone is 2. The van der Waals surface area contributed by atoms with Crippen LogP contribution in [0.1, 0.15) is 50.3 Å². The van der Waals surface area contributed by atoms with Gasteiger partial charge in [-0.2, -0.15) is 10.5 Å². The second-order valence-corrected chi connectivity index (χ2v) is 8.59. The fourth-order valence-corrected chi connectivity index (χ4v) is 4.89. The largest absolute Gasteiger partial charge is 0.496 e. The molecule has 3 heterocycles. The van der Waals surface area contributed by atoms with Gasteiger partial charge in [0.15, 0.2) is 5.76 Å². The number of rotatable bonds is 3. The van der Waals surface area contributed by atoms with Gasteiger partial charge in [-0.05, 0) is 58.1 Å². The minimum absolute atomic E-state index is 0.382. The predicted molar refractivity (Wildman–Crippen MR) is 117 cm³/mol. The Kier molecular flexibility index (Phi) is 5.08. The number of nitrogens with zero attached hydrogens (tertiary/aromatic N) is 3. The molecule has 0 radical (unpaired) electrons. The highest BCUT2D eigenvalue weighted by atomic mass is 16.5. The summed E-state index contributed by atoms with van der Waals surface area (Å²) in [4.78, 5) is 2.50. The second-order valence-electron chi connectivity index (χ2n) is 8.59. The molecule has 3 aliphatic rings. The molecule has 0 bridgehead atoms. The van der Waals surface area contributed by atoms with E-state index in [0.29, 0.717) is 16.9 Å². The van der Waals surface area contributed by atoms with Gasteiger partial charge in [-0.3, -0.25) is 0 Å². The molecule has 5 heteroatoms. The summed E-state index contributed by atoms with van der Waals surface area (Å²) in [7, 11) is 1.73. The van der Waals surface area contributed by atoms with E-state index < -0.39 is 5.60 Å².